The van der Waals surface area contributed by atoms with Gasteiger partial charge in [-0.3, -0.25) is 0 Å². The molecule has 2 rings (SSSR count). The van der Waals surface area contributed by atoms with Gasteiger partial charge in [0.2, 0.25) is 0 Å². The lowest BCUT2D eigenvalue weighted by molar-refractivity contribution is 0.274. The molecule has 1 aromatic carbocycles. The van der Waals surface area contributed by atoms with Crippen LogP contribution in [0.3, 0.4) is 0 Å². The molecule has 0 radical (unpaired) electrons. The van der Waals surface area contributed by atoms with Crippen LogP contribution in [0, 0.1) is 5.41 Å². The van der Waals surface area contributed by atoms with E-state index in [0.29, 0.717) is 12.0 Å². The summed E-state index contributed by atoms with van der Waals surface area (Å²) in [6.07, 6.45) is 1.56. The molecule has 16 heavy (non-hydrogen) atoms. The largest absolute Gasteiger partial charge is 0.373 e. The third-order valence-electron chi connectivity index (χ3n) is 3.20. The molecule has 0 spiro atoms. The minimum Gasteiger partial charge on any atom is -0.373 e. The topological polar surface area (TPSA) is 12.5 Å². The van der Waals surface area contributed by atoms with Crippen molar-refractivity contribution in [3.8, 4) is 0 Å². The zero-order valence-electron chi connectivity index (χ0n) is 10.2. The molecule has 0 saturated carbocycles. The summed E-state index contributed by atoms with van der Waals surface area (Å²) in [6, 6.07) is 8.21. The summed E-state index contributed by atoms with van der Waals surface area (Å²) in [5, 5.41) is 0.823. The Hall–Kier alpha value is -0.530. The minimum atomic E-state index is 0.247. The lowest BCUT2D eigenvalue weighted by Crippen LogP contribution is -2.20. The van der Waals surface area contributed by atoms with Crippen molar-refractivity contribution < 1.29 is 4.74 Å². The summed E-state index contributed by atoms with van der Waals surface area (Å²) in [6.45, 7) is 7.76. The summed E-state index contributed by atoms with van der Waals surface area (Å²) >= 11 is 6.06. The first kappa shape index (κ1) is 11.9. The molecular weight excluding hydrogens is 220 g/mol. The quantitative estimate of drug-likeness (QED) is 0.717. The molecule has 1 fully saturated rings. The van der Waals surface area contributed by atoms with Crippen molar-refractivity contribution >= 4 is 11.6 Å². The first-order valence-electron chi connectivity index (χ1n) is 5.84. The van der Waals surface area contributed by atoms with Crippen LogP contribution in [-0.4, -0.2) is 12.7 Å². The van der Waals surface area contributed by atoms with Crippen molar-refractivity contribution in [3.05, 3.63) is 34.9 Å². The van der Waals surface area contributed by atoms with Crippen molar-refractivity contribution in [2.45, 2.75) is 39.2 Å². The summed E-state index contributed by atoms with van der Waals surface area (Å²) < 4.78 is 5.35. The van der Waals surface area contributed by atoms with Gasteiger partial charge in [-0.25, -0.2) is 0 Å². The van der Waals surface area contributed by atoms with Crippen molar-refractivity contribution in [1.82, 2.24) is 0 Å². The van der Waals surface area contributed by atoms with Crippen molar-refractivity contribution in [2.24, 2.45) is 5.41 Å². The highest BCUT2D eigenvalue weighted by atomic mass is 35.5. The van der Waals surface area contributed by atoms with Gasteiger partial charge in [-0.2, -0.15) is 0 Å². The predicted octanol–water partition coefficient (Wildman–Crippen LogP) is 4.26. The molecule has 1 aromatic rings. The predicted molar refractivity (Wildman–Crippen MR) is 68.0 cm³/mol. The lowest BCUT2D eigenvalue weighted by Gasteiger charge is -2.31. The molecule has 1 aliphatic rings. The van der Waals surface area contributed by atoms with Crippen LogP contribution in [-0.2, 0) is 4.74 Å². The molecule has 2 atom stereocenters. The average molecular weight is 239 g/mol. The van der Waals surface area contributed by atoms with Crippen LogP contribution in [0.5, 0.6) is 0 Å². The van der Waals surface area contributed by atoms with Crippen LogP contribution in [0.15, 0.2) is 24.3 Å². The van der Waals surface area contributed by atoms with Crippen LogP contribution >= 0.6 is 11.6 Å². The van der Waals surface area contributed by atoms with E-state index in [2.05, 4.69) is 32.9 Å². The van der Waals surface area contributed by atoms with Gasteiger partial charge in [0.25, 0.3) is 0 Å². The molecular formula is C14H19ClO. The maximum absolute atomic E-state index is 6.06. The van der Waals surface area contributed by atoms with Gasteiger partial charge < -0.3 is 4.74 Å². The van der Waals surface area contributed by atoms with E-state index in [1.807, 2.05) is 12.1 Å². The van der Waals surface area contributed by atoms with Crippen LogP contribution in [0.4, 0.5) is 0 Å². The second kappa shape index (κ2) is 4.38. The highest BCUT2D eigenvalue weighted by Crippen LogP contribution is 2.41. The molecule has 2 heteroatoms. The number of benzene rings is 1. The van der Waals surface area contributed by atoms with Crippen molar-refractivity contribution in [3.63, 3.8) is 0 Å². The fourth-order valence-electron chi connectivity index (χ4n) is 2.18. The second-order valence-corrected chi connectivity index (χ2v) is 6.10. The highest BCUT2D eigenvalue weighted by Gasteiger charge is 2.33. The fourth-order valence-corrected chi connectivity index (χ4v) is 2.38. The molecule has 2 unspecified atom stereocenters. The number of rotatable bonds is 3. The van der Waals surface area contributed by atoms with Crippen molar-refractivity contribution in [2.75, 3.05) is 6.61 Å². The molecule has 1 saturated heterocycles. The number of hydrogen-bond acceptors (Lipinski definition) is 1. The summed E-state index contributed by atoms with van der Waals surface area (Å²) in [7, 11) is 0. The third-order valence-corrected chi connectivity index (χ3v) is 3.43. The smallest absolute Gasteiger partial charge is 0.0816 e. The lowest BCUT2D eigenvalue weighted by atomic mass is 9.74. The Balaban J connectivity index is 2.23. The molecule has 0 aromatic heterocycles. The van der Waals surface area contributed by atoms with E-state index in [9.17, 15) is 0 Å². The monoisotopic (exact) mass is 238 g/mol. The Bertz CT molecular complexity index is 363. The van der Waals surface area contributed by atoms with E-state index >= 15 is 0 Å². The van der Waals surface area contributed by atoms with E-state index in [1.165, 1.54) is 5.56 Å². The normalized spacial score (nSPS) is 21.9. The van der Waals surface area contributed by atoms with E-state index in [4.69, 9.17) is 16.3 Å². The molecule has 0 bridgehead atoms. The van der Waals surface area contributed by atoms with Crippen LogP contribution < -0.4 is 0 Å². The van der Waals surface area contributed by atoms with Gasteiger partial charge in [-0.1, -0.05) is 44.5 Å². The molecule has 1 heterocycles. The molecule has 0 N–H and O–H groups in total. The Morgan fingerprint density at radius 2 is 2.12 bits per heavy atom. The van der Waals surface area contributed by atoms with E-state index < -0.39 is 0 Å². The Morgan fingerprint density at radius 3 is 2.62 bits per heavy atom. The van der Waals surface area contributed by atoms with E-state index in [1.54, 1.807) is 0 Å². The van der Waals surface area contributed by atoms with Gasteiger partial charge in [0, 0.05) is 5.02 Å². The number of hydrogen-bond donors (Lipinski definition) is 0. The first-order chi connectivity index (χ1) is 7.47. The summed E-state index contributed by atoms with van der Waals surface area (Å²) in [5.74, 6) is 0.513. The summed E-state index contributed by atoms with van der Waals surface area (Å²) in [4.78, 5) is 0. The highest BCUT2D eigenvalue weighted by molar-refractivity contribution is 6.30. The molecule has 1 nitrogen and oxygen atoms in total. The van der Waals surface area contributed by atoms with Crippen LogP contribution in [0.2, 0.25) is 5.02 Å². The second-order valence-electron chi connectivity index (χ2n) is 5.66. The Kier molecular flexibility index (Phi) is 3.27. The fraction of sp³-hybridized carbons (Fsp3) is 0.571. The number of epoxide rings is 1. The van der Waals surface area contributed by atoms with Crippen molar-refractivity contribution in [1.29, 1.82) is 0 Å². The number of ether oxygens (including phenoxy) is 1. The molecule has 1 aliphatic heterocycles. The van der Waals surface area contributed by atoms with Gasteiger partial charge >= 0.3 is 0 Å². The molecule has 0 amide bonds. The molecule has 88 valence electrons. The van der Waals surface area contributed by atoms with Crippen LogP contribution in [0.1, 0.15) is 38.7 Å². The first-order valence-corrected chi connectivity index (χ1v) is 6.21. The minimum absolute atomic E-state index is 0.247. The molecule has 0 aliphatic carbocycles. The Morgan fingerprint density at radius 1 is 1.44 bits per heavy atom. The Labute approximate surface area is 103 Å². The maximum Gasteiger partial charge on any atom is 0.0816 e. The van der Waals surface area contributed by atoms with Gasteiger partial charge in [-0.05, 0) is 35.4 Å². The average Bonchev–Trinajstić information content (AvgIpc) is 2.95. The van der Waals surface area contributed by atoms with Gasteiger partial charge in [0.05, 0.1) is 12.7 Å². The van der Waals surface area contributed by atoms with Crippen LogP contribution in [0.25, 0.3) is 0 Å². The third kappa shape index (κ3) is 2.99. The van der Waals surface area contributed by atoms with E-state index in [0.717, 1.165) is 18.1 Å². The maximum atomic E-state index is 6.06. The van der Waals surface area contributed by atoms with Gasteiger partial charge in [0.1, 0.15) is 0 Å². The summed E-state index contributed by atoms with van der Waals surface area (Å²) in [5.41, 5.74) is 1.58. The standard InChI is InChI=1S/C14H19ClO/c1-14(2,3)13(8-12-9-16-12)10-5-4-6-11(15)7-10/h4-7,12-13H,8-9H2,1-3H3. The zero-order valence-corrected chi connectivity index (χ0v) is 10.9. The van der Waals surface area contributed by atoms with Gasteiger partial charge in [0.15, 0.2) is 0 Å². The van der Waals surface area contributed by atoms with Gasteiger partial charge in [-0.15, -0.1) is 0 Å². The number of halogens is 1. The van der Waals surface area contributed by atoms with E-state index in [-0.39, 0.29) is 5.41 Å². The SMILES string of the molecule is CC(C)(C)C(CC1CO1)c1cccc(Cl)c1. The zero-order chi connectivity index (χ0) is 11.8.